The average Bonchev–Trinajstić information content (AvgIpc) is 0.700. The second-order valence-electron chi connectivity index (χ2n) is 31.4. The van der Waals surface area contributed by atoms with Crippen molar-refractivity contribution in [3.8, 4) is 22.3 Å². The van der Waals surface area contributed by atoms with Crippen LogP contribution in [-0.2, 0) is 0 Å². The minimum atomic E-state index is -1.63. The van der Waals surface area contributed by atoms with Gasteiger partial charge in [0.15, 0.2) is 0 Å². The molecule has 0 heterocycles. The first-order valence-electron chi connectivity index (χ1n) is 44.9. The third kappa shape index (κ3) is 12.3. The summed E-state index contributed by atoms with van der Waals surface area (Å²) >= 11 is 0. The topological polar surface area (TPSA) is 6.48 Å². The molecular formula is C111H79B2FN2Si. The van der Waals surface area contributed by atoms with Crippen molar-refractivity contribution in [2.24, 2.45) is 0 Å². The molecule has 6 heteroatoms. The van der Waals surface area contributed by atoms with Crippen LogP contribution in [0, 0.1) is 5.82 Å². The number of rotatable bonds is 15. The Kier molecular flexibility index (Phi) is 15.2. The molecule has 0 atom stereocenters. The van der Waals surface area contributed by atoms with Gasteiger partial charge in [-0.3, -0.25) is 0 Å². The molecule has 0 unspecified atom stereocenters. The van der Waals surface area contributed by atoms with Crippen LogP contribution in [-0.4, -0.2) is 21.5 Å². The van der Waals surface area contributed by atoms with Gasteiger partial charge in [-0.1, -0.05) is 410 Å². The molecule has 0 aliphatic rings. The number of nitrogens with zero attached hydrogens (tertiary/aromatic N) is 2. The largest absolute Gasteiger partial charge is 0.310 e. The second-order valence-corrected chi connectivity index (χ2v) is 36.5. The van der Waals surface area contributed by atoms with Crippen molar-refractivity contribution < 1.29 is 18.1 Å². The normalized spacial score (nSPS) is 13.0. The van der Waals surface area contributed by atoms with Crippen LogP contribution in [0.4, 0.5) is 38.5 Å². The Labute approximate surface area is 697 Å². The molecular weight excluding hydrogens is 1430 g/mol. The van der Waals surface area contributed by atoms with E-state index in [-0.39, 0.29) is 16.7 Å². The van der Waals surface area contributed by atoms with E-state index in [1.165, 1.54) is 42.9 Å². The van der Waals surface area contributed by atoms with Gasteiger partial charge < -0.3 is 9.80 Å². The van der Waals surface area contributed by atoms with Crippen molar-refractivity contribution in [2.75, 3.05) is 9.80 Å². The molecule has 0 bridgehead atoms. The van der Waals surface area contributed by atoms with E-state index in [1.54, 1.807) is 6.07 Å². The molecule has 0 saturated heterocycles. The molecule has 22 rings (SSSR count). The first-order chi connectivity index (χ1) is 61.8. The van der Waals surface area contributed by atoms with Crippen molar-refractivity contribution in [2.45, 2.75) is 19.6 Å². The van der Waals surface area contributed by atoms with Gasteiger partial charge >= 0.3 is 0 Å². The summed E-state index contributed by atoms with van der Waals surface area (Å²) in [6, 6.07) is 122. The van der Waals surface area contributed by atoms with E-state index in [2.05, 4.69) is 308 Å². The highest BCUT2D eigenvalue weighted by molar-refractivity contribution is 6.98. The highest BCUT2D eigenvalue weighted by Crippen LogP contribution is 2.52. The molecule has 550 valence electrons. The van der Waals surface area contributed by atoms with E-state index >= 15 is 4.39 Å². The number of halogens is 1. The van der Waals surface area contributed by atoms with Gasteiger partial charge in [-0.05, 0) is 175 Å². The van der Waals surface area contributed by atoms with Gasteiger partial charge in [0.25, 0.3) is 0 Å². The summed E-state index contributed by atoms with van der Waals surface area (Å²) in [5, 5.41) is 22.5. The summed E-state index contributed by atoms with van der Waals surface area (Å²) < 4.78 is 106. The molecule has 22 aromatic carbocycles. The smallest absolute Gasteiger partial charge is 0.246 e. The molecule has 117 heavy (non-hydrogen) atoms. The Balaban J connectivity index is 0.000000155. The van der Waals surface area contributed by atoms with Gasteiger partial charge in [0.1, 0.15) is 5.82 Å². The highest BCUT2D eigenvalue weighted by Gasteiger charge is 2.34. The van der Waals surface area contributed by atoms with Gasteiger partial charge in [0.2, 0.25) is 13.4 Å². The third-order valence-corrected chi connectivity index (χ3v) is 25.9. The zero-order chi connectivity index (χ0) is 86.9. The SMILES string of the molecule is C[Si](C)(C)c1ccc(B(c2c(F)cc(-c3ccccc3)cc2-c2ccccc2)c2ccc3c4ccccc4c4c(N(c5ccccc5)c5ccccc5)ccc5ccc2c3c54)cc1.[2H]c1c([2H])c([2H])c(B(c2c([2H])c([2H])c([2H])c([2H])c2[2H])c2ccc3c4ccccc4c4c(N(c5ccccc5)c5cc6ccccc6c6ccccc56)ccc5ccc2c3c54)c([2H])c1[2H]. The maximum Gasteiger partial charge on any atom is 0.246 e. The number of benzene rings is 22. The molecule has 22 aromatic rings. The van der Waals surface area contributed by atoms with Crippen LogP contribution in [0.3, 0.4) is 0 Å². The van der Waals surface area contributed by atoms with E-state index in [1.807, 2.05) is 78.9 Å². The van der Waals surface area contributed by atoms with E-state index < -0.39 is 81.9 Å². The van der Waals surface area contributed by atoms with Crippen LogP contribution in [0.5, 0.6) is 0 Å². The molecule has 0 aromatic heterocycles. The lowest BCUT2D eigenvalue weighted by Crippen LogP contribution is -2.54. The zero-order valence-corrected chi connectivity index (χ0v) is 65.6. The van der Waals surface area contributed by atoms with E-state index in [4.69, 9.17) is 8.22 Å². The molecule has 0 amide bonds. The number of para-hydroxylation sites is 3. The van der Waals surface area contributed by atoms with Gasteiger partial charge in [-0.2, -0.15) is 0 Å². The lowest BCUT2D eigenvalue weighted by Gasteiger charge is -2.30. The Morgan fingerprint density at radius 3 is 1.16 bits per heavy atom. The maximum atomic E-state index is 17.8. The van der Waals surface area contributed by atoms with Crippen molar-refractivity contribution in [3.63, 3.8) is 0 Å². The summed E-state index contributed by atoms with van der Waals surface area (Å²) in [4.78, 5) is 4.70. The quantitative estimate of drug-likeness (QED) is 0.0573. The standard InChI is InChI=1S/C59H45BFNSi.C52H34BN/c1-63(2,3)47-32-30-44(31-33-47)60(59-52(41-20-10-5-11-21-41)38-43(39-54(59)61)40-18-8-4-9-19-40)53-36-35-50-48-26-16-17-27-49(48)58-55(37-29-42-28-34-51(53)57(50)56(42)58)62(45-22-12-6-13-23-45)46-24-14-7-15-25-46;1-4-17-37(18-5-1)53(38-19-6-2-7-20-38)47-32-31-45-42-25-13-15-27-44(42)52-48(33-29-35-28-30-46(47)51(45)50(35)52)54(39-21-8-3-9-22-39)49-34-36-16-10-11-23-40(36)41-24-12-14-26-43(41)49/h4-39H,1-3H3;1-34H/i;1D,2D,4D,5D,6D,7D,17D,18D,19D,20D. The lowest BCUT2D eigenvalue weighted by molar-refractivity contribution is 0.636. The van der Waals surface area contributed by atoms with Crippen molar-refractivity contribution in [1.82, 2.24) is 0 Å². The van der Waals surface area contributed by atoms with Crippen LogP contribution in [0.15, 0.2) is 424 Å². The van der Waals surface area contributed by atoms with Crippen LogP contribution >= 0.6 is 0 Å². The average molecular weight is 1520 g/mol. The van der Waals surface area contributed by atoms with Gasteiger partial charge in [0.05, 0.1) is 38.8 Å². The molecule has 0 aliphatic carbocycles. The fraction of sp³-hybridized carbons (Fsp3) is 0.0270. The van der Waals surface area contributed by atoms with Crippen molar-refractivity contribution >= 4 is 201 Å². The van der Waals surface area contributed by atoms with Gasteiger partial charge in [-0.15, -0.1) is 0 Å². The molecule has 0 fully saturated rings. The third-order valence-electron chi connectivity index (χ3n) is 23.8. The molecule has 0 saturated carbocycles. The monoisotopic (exact) mass is 1520 g/mol. The van der Waals surface area contributed by atoms with Gasteiger partial charge in [-0.25, -0.2) is 4.39 Å². The Hall–Kier alpha value is -14.2. The number of anilines is 6. The molecule has 0 N–H and O–H groups in total. The highest BCUT2D eigenvalue weighted by atomic mass is 28.3. The predicted molar refractivity (Wildman–Crippen MR) is 509 cm³/mol. The molecule has 0 aliphatic heterocycles. The number of hydrogen-bond acceptors (Lipinski definition) is 2. The Morgan fingerprint density at radius 2 is 0.658 bits per heavy atom. The minimum absolute atomic E-state index is 0.177. The van der Waals surface area contributed by atoms with Crippen molar-refractivity contribution in [1.29, 1.82) is 0 Å². The molecule has 0 radical (unpaired) electrons. The second kappa shape index (κ2) is 29.3. The minimum Gasteiger partial charge on any atom is -0.310 e. The van der Waals surface area contributed by atoms with E-state index in [0.29, 0.717) is 16.3 Å². The summed E-state index contributed by atoms with van der Waals surface area (Å²) in [6.07, 6.45) is 0. The first-order valence-corrected chi connectivity index (χ1v) is 43.4. The summed E-state index contributed by atoms with van der Waals surface area (Å²) in [7, 11) is -1.63. The van der Waals surface area contributed by atoms with Crippen LogP contribution in [0.25, 0.3) is 130 Å². The van der Waals surface area contributed by atoms with Crippen LogP contribution in [0.1, 0.15) is 13.7 Å². The molecule has 0 spiro atoms. The maximum absolute atomic E-state index is 17.8. The summed E-state index contributed by atoms with van der Waals surface area (Å²) in [6.45, 7) is 5.37. The first kappa shape index (κ1) is 60.4. The Bertz CT molecular complexity index is 7990. The Morgan fingerprint density at radius 1 is 0.265 bits per heavy atom. The van der Waals surface area contributed by atoms with E-state index in [0.717, 1.165) is 132 Å². The van der Waals surface area contributed by atoms with Crippen LogP contribution in [0.2, 0.25) is 19.6 Å². The summed E-state index contributed by atoms with van der Waals surface area (Å²) in [5.41, 5.74) is 12.8. The lowest BCUT2D eigenvalue weighted by atomic mass is 9.35. The predicted octanol–water partition coefficient (Wildman–Crippen LogP) is 25.8. The van der Waals surface area contributed by atoms with Crippen LogP contribution < -0.4 is 47.8 Å². The van der Waals surface area contributed by atoms with E-state index in [9.17, 15) is 5.48 Å². The fourth-order valence-electron chi connectivity index (χ4n) is 18.6. The number of fused-ring (bicyclic) bond motifs is 9. The van der Waals surface area contributed by atoms with Crippen molar-refractivity contribution in [3.05, 3.63) is 430 Å². The zero-order valence-electron chi connectivity index (χ0n) is 74.6. The molecule has 2 nitrogen and oxygen atoms in total. The van der Waals surface area contributed by atoms with Gasteiger partial charge in [0, 0.05) is 44.0 Å². The fourth-order valence-corrected chi connectivity index (χ4v) is 19.7. The number of hydrogen-bond donors (Lipinski definition) is 0. The summed E-state index contributed by atoms with van der Waals surface area (Å²) in [5.74, 6) is -0.214.